The Morgan fingerprint density at radius 2 is 2.15 bits per heavy atom. The number of carbonyl (C=O) groups excluding carboxylic acids is 1. The van der Waals surface area contributed by atoms with Crippen molar-refractivity contribution in [1.29, 1.82) is 0 Å². The second-order valence-corrected chi connectivity index (χ2v) is 8.74. The molecule has 3 heterocycles. The van der Waals surface area contributed by atoms with Gasteiger partial charge in [0.1, 0.15) is 17.3 Å². The molecule has 1 aliphatic heterocycles. The van der Waals surface area contributed by atoms with Gasteiger partial charge in [-0.1, -0.05) is 6.07 Å². The fraction of sp³-hybridized carbons (Fsp3) is 0.444. The maximum atomic E-state index is 13.0. The van der Waals surface area contributed by atoms with Crippen LogP contribution in [0.2, 0.25) is 0 Å². The average molecular weight is 389 g/mol. The van der Waals surface area contributed by atoms with Crippen LogP contribution in [0.15, 0.2) is 30.5 Å². The van der Waals surface area contributed by atoms with Gasteiger partial charge in [0, 0.05) is 24.8 Å². The molecule has 144 valence electrons. The topological polar surface area (TPSA) is 105 Å². The van der Waals surface area contributed by atoms with Crippen LogP contribution in [0.1, 0.15) is 35.4 Å². The zero-order chi connectivity index (χ0) is 19.4. The fourth-order valence-corrected chi connectivity index (χ4v) is 4.92. The van der Waals surface area contributed by atoms with Crippen molar-refractivity contribution in [1.82, 2.24) is 19.9 Å². The van der Waals surface area contributed by atoms with Gasteiger partial charge in [-0.15, -0.1) is 0 Å². The first-order valence-corrected chi connectivity index (χ1v) is 10.7. The number of carbonyl (C=O) groups is 1. The largest absolute Gasteiger partial charge is 0.364 e. The predicted octanol–water partition coefficient (Wildman–Crippen LogP) is 1.44. The van der Waals surface area contributed by atoms with E-state index in [2.05, 4.69) is 20.3 Å². The third-order valence-corrected chi connectivity index (χ3v) is 6.23. The molecule has 2 aromatic rings. The van der Waals surface area contributed by atoms with Crippen molar-refractivity contribution in [3.8, 4) is 0 Å². The molecule has 8 nitrogen and oxygen atoms in total. The highest BCUT2D eigenvalue weighted by atomic mass is 32.2. The number of aryl methyl sites for hydroxylation is 1. The van der Waals surface area contributed by atoms with Crippen LogP contribution >= 0.6 is 0 Å². The molecule has 1 saturated heterocycles. The van der Waals surface area contributed by atoms with Crippen LogP contribution in [0.5, 0.6) is 0 Å². The third-order valence-electron chi connectivity index (χ3n) is 4.48. The molecule has 1 amide bonds. The number of aromatic nitrogens is 3. The lowest BCUT2D eigenvalue weighted by molar-refractivity contribution is 0.0702. The van der Waals surface area contributed by atoms with Crippen molar-refractivity contribution in [3.63, 3.8) is 0 Å². The number of pyridine rings is 1. The van der Waals surface area contributed by atoms with Gasteiger partial charge in [0.2, 0.25) is 0 Å². The fourth-order valence-electron chi connectivity index (χ4n) is 3.19. The molecule has 0 radical (unpaired) electrons. The van der Waals surface area contributed by atoms with E-state index in [0.717, 1.165) is 5.69 Å². The predicted molar refractivity (Wildman–Crippen MR) is 102 cm³/mol. The summed E-state index contributed by atoms with van der Waals surface area (Å²) in [5.41, 5.74) is 1.12. The molecule has 9 heteroatoms. The minimum Gasteiger partial charge on any atom is -0.364 e. The number of rotatable bonds is 6. The molecule has 1 unspecified atom stereocenters. The van der Waals surface area contributed by atoms with Crippen LogP contribution in [0.4, 0.5) is 5.82 Å². The molecule has 1 atom stereocenters. The summed E-state index contributed by atoms with van der Waals surface area (Å²) < 4.78 is 23.5. The Balaban J connectivity index is 1.76. The van der Waals surface area contributed by atoms with Crippen LogP contribution in [-0.4, -0.2) is 58.3 Å². The summed E-state index contributed by atoms with van der Waals surface area (Å²) in [6.45, 7) is 4.47. The van der Waals surface area contributed by atoms with Crippen LogP contribution < -0.4 is 5.32 Å². The van der Waals surface area contributed by atoms with E-state index in [1.165, 1.54) is 0 Å². The van der Waals surface area contributed by atoms with Crippen LogP contribution in [0, 0.1) is 6.92 Å². The highest BCUT2D eigenvalue weighted by molar-refractivity contribution is 7.91. The Labute approximate surface area is 159 Å². The molecule has 1 aliphatic rings. The highest BCUT2D eigenvalue weighted by Crippen LogP contribution is 2.20. The van der Waals surface area contributed by atoms with Crippen molar-refractivity contribution in [2.75, 3.05) is 23.4 Å². The first-order valence-electron chi connectivity index (χ1n) is 8.89. The molecule has 1 fully saturated rings. The van der Waals surface area contributed by atoms with Gasteiger partial charge in [0.05, 0.1) is 23.7 Å². The maximum absolute atomic E-state index is 13.0. The van der Waals surface area contributed by atoms with Gasteiger partial charge in [-0.25, -0.2) is 18.4 Å². The van der Waals surface area contributed by atoms with E-state index < -0.39 is 9.84 Å². The SMILES string of the molecule is CCN(C(=O)c1cc(NCc2ccccn2)nc(C)n1)C1CCS(=O)(=O)C1. The molecule has 0 bridgehead atoms. The van der Waals surface area contributed by atoms with Crippen molar-refractivity contribution in [3.05, 3.63) is 47.7 Å². The summed E-state index contributed by atoms with van der Waals surface area (Å²) in [6, 6.07) is 6.95. The molecule has 0 aromatic carbocycles. The maximum Gasteiger partial charge on any atom is 0.272 e. The van der Waals surface area contributed by atoms with E-state index in [9.17, 15) is 13.2 Å². The van der Waals surface area contributed by atoms with Gasteiger partial charge >= 0.3 is 0 Å². The summed E-state index contributed by atoms with van der Waals surface area (Å²) in [7, 11) is -3.07. The highest BCUT2D eigenvalue weighted by Gasteiger charge is 2.34. The Hall–Kier alpha value is -2.55. The van der Waals surface area contributed by atoms with Crippen LogP contribution in [0.3, 0.4) is 0 Å². The second kappa shape index (κ2) is 7.99. The second-order valence-electron chi connectivity index (χ2n) is 6.51. The van der Waals surface area contributed by atoms with E-state index in [4.69, 9.17) is 0 Å². The minimum absolute atomic E-state index is 0.0153. The number of hydrogen-bond donors (Lipinski definition) is 1. The Bertz CT molecular complexity index is 918. The lowest BCUT2D eigenvalue weighted by Crippen LogP contribution is -2.41. The standard InChI is InChI=1S/C18H23N5O3S/c1-3-23(15-7-9-27(25,26)12-15)18(24)16-10-17(22-13(2)21-16)20-11-14-6-4-5-8-19-14/h4-6,8,10,15H,3,7,9,11-12H2,1-2H3,(H,20,21,22). The Kier molecular flexibility index (Phi) is 5.69. The third kappa shape index (κ3) is 4.79. The molecule has 1 N–H and O–H groups in total. The van der Waals surface area contributed by atoms with Crippen molar-refractivity contribution >= 4 is 21.6 Å². The van der Waals surface area contributed by atoms with Crippen molar-refractivity contribution in [2.45, 2.75) is 32.9 Å². The lowest BCUT2D eigenvalue weighted by Gasteiger charge is -2.26. The van der Waals surface area contributed by atoms with E-state index >= 15 is 0 Å². The van der Waals surface area contributed by atoms with Gasteiger partial charge < -0.3 is 10.2 Å². The van der Waals surface area contributed by atoms with Crippen LogP contribution in [0.25, 0.3) is 0 Å². The first-order chi connectivity index (χ1) is 12.9. The average Bonchev–Trinajstić information content (AvgIpc) is 3.00. The molecule has 0 aliphatic carbocycles. The normalized spacial score (nSPS) is 18.2. The number of anilines is 1. The Morgan fingerprint density at radius 3 is 2.78 bits per heavy atom. The van der Waals surface area contributed by atoms with Gasteiger partial charge in [-0.2, -0.15) is 0 Å². The van der Waals surface area contributed by atoms with Gasteiger partial charge in [0.15, 0.2) is 9.84 Å². The smallest absolute Gasteiger partial charge is 0.272 e. The minimum atomic E-state index is -3.07. The molecule has 0 saturated carbocycles. The number of nitrogens with one attached hydrogen (secondary N) is 1. The zero-order valence-electron chi connectivity index (χ0n) is 15.4. The number of amides is 1. The van der Waals surface area contributed by atoms with Gasteiger partial charge in [-0.05, 0) is 32.4 Å². The van der Waals surface area contributed by atoms with E-state index in [1.807, 2.05) is 25.1 Å². The molecule has 27 heavy (non-hydrogen) atoms. The van der Waals surface area contributed by atoms with Gasteiger partial charge in [0.25, 0.3) is 5.91 Å². The van der Waals surface area contributed by atoms with Crippen LogP contribution in [-0.2, 0) is 16.4 Å². The molecular weight excluding hydrogens is 366 g/mol. The van der Waals surface area contributed by atoms with E-state index in [-0.39, 0.29) is 29.1 Å². The zero-order valence-corrected chi connectivity index (χ0v) is 16.2. The van der Waals surface area contributed by atoms with Crippen molar-refractivity contribution < 1.29 is 13.2 Å². The first kappa shape index (κ1) is 19.2. The summed E-state index contributed by atoms with van der Waals surface area (Å²) in [6.07, 6.45) is 2.18. The van der Waals surface area contributed by atoms with E-state index in [0.29, 0.717) is 31.2 Å². The van der Waals surface area contributed by atoms with Gasteiger partial charge in [-0.3, -0.25) is 9.78 Å². The molecule has 0 spiro atoms. The lowest BCUT2D eigenvalue weighted by atomic mass is 10.2. The van der Waals surface area contributed by atoms with E-state index in [1.54, 1.807) is 24.1 Å². The number of sulfone groups is 1. The molecule has 2 aromatic heterocycles. The summed E-state index contributed by atoms with van der Waals surface area (Å²) in [5.74, 6) is 0.875. The Morgan fingerprint density at radius 1 is 1.33 bits per heavy atom. The quantitative estimate of drug-likeness (QED) is 0.797. The number of nitrogens with zero attached hydrogens (tertiary/aromatic N) is 4. The summed E-state index contributed by atoms with van der Waals surface area (Å²) >= 11 is 0. The molecular formula is C18H23N5O3S. The van der Waals surface area contributed by atoms with Crippen molar-refractivity contribution in [2.24, 2.45) is 0 Å². The monoisotopic (exact) mass is 389 g/mol. The molecule has 3 rings (SSSR count). The summed E-state index contributed by atoms with van der Waals surface area (Å²) in [4.78, 5) is 27.4. The summed E-state index contributed by atoms with van der Waals surface area (Å²) in [5, 5.41) is 3.16. The number of hydrogen-bond acceptors (Lipinski definition) is 7.